The van der Waals surface area contributed by atoms with Crippen molar-refractivity contribution in [1.82, 2.24) is 9.88 Å². The van der Waals surface area contributed by atoms with Gasteiger partial charge in [0, 0.05) is 12.7 Å². The molecule has 1 fully saturated rings. The zero-order chi connectivity index (χ0) is 22.2. The van der Waals surface area contributed by atoms with Crippen LogP contribution in [0, 0.1) is 0 Å². The topological polar surface area (TPSA) is 72.0 Å². The van der Waals surface area contributed by atoms with Gasteiger partial charge in [-0.05, 0) is 36.1 Å². The molecule has 1 aliphatic rings. The third-order valence-electron chi connectivity index (χ3n) is 5.24. The van der Waals surface area contributed by atoms with E-state index in [1.165, 1.54) is 9.96 Å². The molecule has 1 unspecified atom stereocenters. The molecule has 7 nitrogen and oxygen atoms in total. The highest BCUT2D eigenvalue weighted by Crippen LogP contribution is 2.24. The van der Waals surface area contributed by atoms with Crippen LogP contribution in [0.3, 0.4) is 0 Å². The lowest BCUT2D eigenvalue weighted by atomic mass is 10.2. The third-order valence-corrected chi connectivity index (χ3v) is 5.24. The van der Waals surface area contributed by atoms with Gasteiger partial charge >= 0.3 is 6.09 Å². The van der Waals surface area contributed by atoms with Gasteiger partial charge in [0.2, 0.25) is 0 Å². The fourth-order valence-corrected chi connectivity index (χ4v) is 3.61. The summed E-state index contributed by atoms with van der Waals surface area (Å²) >= 11 is 0. The van der Waals surface area contributed by atoms with Crippen molar-refractivity contribution in [2.75, 3.05) is 11.6 Å². The van der Waals surface area contributed by atoms with Gasteiger partial charge in [0.25, 0.3) is 5.91 Å². The number of carbonyl (C=O) groups excluding carboxylic acids is 2. The molecule has 0 aliphatic carbocycles. The number of hydroxylamine groups is 1. The Kier molecular flexibility index (Phi) is 7.09. The van der Waals surface area contributed by atoms with Crippen LogP contribution in [0.15, 0.2) is 85.1 Å². The quantitative estimate of drug-likeness (QED) is 0.520. The molecule has 4 rings (SSSR count). The second-order valence-electron chi connectivity index (χ2n) is 7.47. The van der Waals surface area contributed by atoms with Crippen LogP contribution in [0.4, 0.5) is 10.6 Å². The van der Waals surface area contributed by atoms with Crippen molar-refractivity contribution in [3.63, 3.8) is 0 Å². The number of benzene rings is 2. The Morgan fingerprint density at radius 1 is 0.906 bits per heavy atom. The van der Waals surface area contributed by atoms with Crippen molar-refractivity contribution in [1.29, 1.82) is 0 Å². The summed E-state index contributed by atoms with van der Waals surface area (Å²) in [6, 6.07) is 23.6. The van der Waals surface area contributed by atoms with E-state index >= 15 is 0 Å². The molecule has 0 bridgehead atoms. The maximum Gasteiger partial charge on any atom is 0.410 e. The van der Waals surface area contributed by atoms with Gasteiger partial charge < -0.3 is 4.74 Å². The molecule has 0 N–H and O–H groups in total. The van der Waals surface area contributed by atoms with E-state index < -0.39 is 12.1 Å². The Labute approximate surface area is 187 Å². The first kappa shape index (κ1) is 21.5. The van der Waals surface area contributed by atoms with Crippen LogP contribution < -0.4 is 5.06 Å². The number of anilines is 1. The van der Waals surface area contributed by atoms with E-state index in [4.69, 9.17) is 9.57 Å². The Bertz CT molecular complexity index is 1020. The molecular formula is C25H25N3O4. The number of rotatable bonds is 7. The highest BCUT2D eigenvalue weighted by molar-refractivity contribution is 5.96. The van der Waals surface area contributed by atoms with Gasteiger partial charge in [0.05, 0.1) is 0 Å². The van der Waals surface area contributed by atoms with Crippen LogP contribution in [0.25, 0.3) is 0 Å². The van der Waals surface area contributed by atoms with Gasteiger partial charge in [-0.15, -0.1) is 0 Å². The summed E-state index contributed by atoms with van der Waals surface area (Å²) in [4.78, 5) is 37.9. The lowest BCUT2D eigenvalue weighted by molar-refractivity contribution is -0.130. The van der Waals surface area contributed by atoms with Crippen LogP contribution >= 0.6 is 0 Å². The standard InChI is InChI=1S/C25H25N3O4/c29-24(22-14-9-17-27(22)25(30)31-18-20-10-3-1-4-11-20)28(23-15-7-8-16-26-23)32-19-21-12-5-2-6-13-21/h1-8,10-13,15-16,22H,9,14,17-19H2. The summed E-state index contributed by atoms with van der Waals surface area (Å²) < 4.78 is 5.47. The zero-order valence-electron chi connectivity index (χ0n) is 17.7. The SMILES string of the molecule is O=C(C1CCCN1C(=O)OCc1ccccc1)N(OCc1ccccc1)c1ccccn1. The molecule has 0 saturated carbocycles. The minimum Gasteiger partial charge on any atom is -0.445 e. The lowest BCUT2D eigenvalue weighted by Crippen LogP contribution is -2.48. The summed E-state index contributed by atoms with van der Waals surface area (Å²) in [7, 11) is 0. The molecule has 0 spiro atoms. The fraction of sp³-hybridized carbons (Fsp3) is 0.240. The first-order valence-electron chi connectivity index (χ1n) is 10.6. The average Bonchev–Trinajstić information content (AvgIpc) is 3.35. The molecule has 1 atom stereocenters. The predicted octanol–water partition coefficient (Wildman–Crippen LogP) is 4.35. The number of hydrogen-bond donors (Lipinski definition) is 0. The maximum absolute atomic E-state index is 13.5. The largest absolute Gasteiger partial charge is 0.445 e. The minimum atomic E-state index is -0.670. The van der Waals surface area contributed by atoms with Crippen LogP contribution in [-0.4, -0.2) is 34.5 Å². The molecule has 3 aromatic rings. The molecule has 0 radical (unpaired) electrons. The smallest absolute Gasteiger partial charge is 0.410 e. The summed E-state index contributed by atoms with van der Waals surface area (Å²) in [5.74, 6) is 0.0340. The normalized spacial score (nSPS) is 15.4. The molecule has 2 amide bonds. The fourth-order valence-electron chi connectivity index (χ4n) is 3.61. The zero-order valence-corrected chi connectivity index (χ0v) is 17.7. The number of aromatic nitrogens is 1. The van der Waals surface area contributed by atoms with Crippen molar-refractivity contribution in [2.45, 2.75) is 32.1 Å². The Hall–Kier alpha value is -3.71. The average molecular weight is 431 g/mol. The summed E-state index contributed by atoms with van der Waals surface area (Å²) in [6.07, 6.45) is 2.35. The number of nitrogens with zero attached hydrogens (tertiary/aromatic N) is 3. The van der Waals surface area contributed by atoms with Gasteiger partial charge in [-0.2, -0.15) is 5.06 Å². The van der Waals surface area contributed by atoms with E-state index in [2.05, 4.69) is 4.98 Å². The molecule has 2 heterocycles. The maximum atomic E-state index is 13.5. The van der Waals surface area contributed by atoms with Crippen molar-refractivity contribution in [3.05, 3.63) is 96.2 Å². The van der Waals surface area contributed by atoms with Gasteiger partial charge in [-0.25, -0.2) is 9.78 Å². The van der Waals surface area contributed by atoms with E-state index in [1.54, 1.807) is 24.4 Å². The van der Waals surface area contributed by atoms with Crippen LogP contribution in [-0.2, 0) is 27.6 Å². The van der Waals surface area contributed by atoms with Crippen LogP contribution in [0.1, 0.15) is 24.0 Å². The van der Waals surface area contributed by atoms with Crippen LogP contribution in [0.5, 0.6) is 0 Å². The number of amides is 2. The first-order valence-corrected chi connectivity index (χ1v) is 10.6. The van der Waals surface area contributed by atoms with E-state index in [0.717, 1.165) is 11.1 Å². The molecule has 164 valence electrons. The third kappa shape index (κ3) is 5.31. The molecular weight excluding hydrogens is 406 g/mol. The molecule has 1 aromatic heterocycles. The highest BCUT2D eigenvalue weighted by atomic mass is 16.7. The van der Waals surface area contributed by atoms with E-state index in [1.807, 2.05) is 60.7 Å². The Morgan fingerprint density at radius 2 is 1.56 bits per heavy atom. The van der Waals surface area contributed by atoms with Gasteiger partial charge in [-0.1, -0.05) is 66.7 Å². The van der Waals surface area contributed by atoms with Crippen molar-refractivity contribution < 1.29 is 19.2 Å². The van der Waals surface area contributed by atoms with E-state index in [0.29, 0.717) is 25.2 Å². The molecule has 1 aliphatic heterocycles. The first-order chi connectivity index (χ1) is 15.7. The van der Waals surface area contributed by atoms with Gasteiger partial charge in [-0.3, -0.25) is 14.5 Å². The molecule has 1 saturated heterocycles. The van der Waals surface area contributed by atoms with E-state index in [-0.39, 0.29) is 19.1 Å². The second kappa shape index (κ2) is 10.5. The number of hydrogen-bond acceptors (Lipinski definition) is 5. The van der Waals surface area contributed by atoms with Gasteiger partial charge in [0.1, 0.15) is 19.3 Å². The number of carbonyl (C=O) groups is 2. The molecule has 7 heteroatoms. The second-order valence-corrected chi connectivity index (χ2v) is 7.47. The number of ether oxygens (including phenoxy) is 1. The van der Waals surface area contributed by atoms with Gasteiger partial charge in [0.15, 0.2) is 5.82 Å². The Morgan fingerprint density at radius 3 is 2.22 bits per heavy atom. The number of pyridine rings is 1. The summed E-state index contributed by atoms with van der Waals surface area (Å²) in [6.45, 7) is 0.818. The van der Waals surface area contributed by atoms with Crippen molar-refractivity contribution in [2.24, 2.45) is 0 Å². The monoisotopic (exact) mass is 431 g/mol. The van der Waals surface area contributed by atoms with Crippen molar-refractivity contribution in [3.8, 4) is 0 Å². The van der Waals surface area contributed by atoms with Crippen molar-refractivity contribution >= 4 is 17.8 Å². The highest BCUT2D eigenvalue weighted by Gasteiger charge is 2.39. The predicted molar refractivity (Wildman–Crippen MR) is 119 cm³/mol. The lowest BCUT2D eigenvalue weighted by Gasteiger charge is -2.28. The van der Waals surface area contributed by atoms with Crippen LogP contribution in [0.2, 0.25) is 0 Å². The minimum absolute atomic E-state index is 0.158. The molecule has 32 heavy (non-hydrogen) atoms. The summed E-state index contributed by atoms with van der Waals surface area (Å²) in [5.41, 5.74) is 1.82. The Balaban J connectivity index is 1.46. The molecule has 2 aromatic carbocycles. The van der Waals surface area contributed by atoms with E-state index in [9.17, 15) is 9.59 Å². The summed E-state index contributed by atoms with van der Waals surface area (Å²) in [5, 5.41) is 1.19. The number of likely N-dealkylation sites (tertiary alicyclic amines) is 1.